The molecule has 3 aromatic rings. The number of imide groups is 1. The number of hydrazine groups is 1. The van der Waals surface area contributed by atoms with Gasteiger partial charge in [0.25, 0.3) is 23.6 Å². The summed E-state index contributed by atoms with van der Waals surface area (Å²) in [6.45, 7) is 4.00. The number of rotatable bonds is 15. The van der Waals surface area contributed by atoms with Crippen molar-refractivity contribution in [1.82, 2.24) is 30.2 Å². The van der Waals surface area contributed by atoms with Crippen molar-refractivity contribution in [3.8, 4) is 11.3 Å². The van der Waals surface area contributed by atoms with Gasteiger partial charge in [0.05, 0.1) is 24.2 Å². The molecule has 2 heterocycles. The number of hydrogen-bond acceptors (Lipinski definition) is 10. The van der Waals surface area contributed by atoms with Gasteiger partial charge in [0.2, 0.25) is 5.91 Å². The zero-order chi connectivity index (χ0) is 44.9. The Morgan fingerprint density at radius 3 is 2.23 bits per heavy atom. The highest BCUT2D eigenvalue weighted by Gasteiger charge is 2.53. The summed E-state index contributed by atoms with van der Waals surface area (Å²) in [4.78, 5) is 82.4. The molecule has 1 fully saturated rings. The van der Waals surface area contributed by atoms with Crippen LogP contribution in [0.15, 0.2) is 66.9 Å². The van der Waals surface area contributed by atoms with Gasteiger partial charge in [-0.05, 0) is 61.3 Å². The molecule has 1 aliphatic heterocycles. The second kappa shape index (κ2) is 18.7. The Bertz CT molecular complexity index is 2150. The zero-order valence-corrected chi connectivity index (χ0v) is 33.5. The fraction of sp³-hybridized carbons (Fsp3) is 0.439. The predicted octanol–water partition coefficient (Wildman–Crippen LogP) is 3.40. The number of nitrogens with zero attached hydrogens (tertiary/aromatic N) is 4. The average molecular weight is 860 g/mol. The highest BCUT2D eigenvalue weighted by Crippen LogP contribution is 2.40. The average Bonchev–Trinajstić information content (AvgIpc) is 3.92. The van der Waals surface area contributed by atoms with Gasteiger partial charge in [0, 0.05) is 43.5 Å². The van der Waals surface area contributed by atoms with Gasteiger partial charge in [-0.15, -0.1) is 0 Å². The summed E-state index contributed by atoms with van der Waals surface area (Å²) < 4.78 is 75.3. The van der Waals surface area contributed by atoms with Crippen molar-refractivity contribution < 1.29 is 60.6 Å². The summed E-state index contributed by atoms with van der Waals surface area (Å²) in [6, 6.07) is 10.5. The van der Waals surface area contributed by atoms with Gasteiger partial charge in [-0.1, -0.05) is 51.1 Å². The molecule has 0 spiro atoms. The highest BCUT2D eigenvalue weighted by atomic mass is 19.4. The maximum absolute atomic E-state index is 14.9. The van der Waals surface area contributed by atoms with Crippen LogP contribution < -0.4 is 16.5 Å². The molecule has 2 aliphatic rings. The molecule has 0 bridgehead atoms. The van der Waals surface area contributed by atoms with Crippen LogP contribution in [0, 0.1) is 17.0 Å². The summed E-state index contributed by atoms with van der Waals surface area (Å²) in [5, 5.41) is 14.7. The van der Waals surface area contributed by atoms with E-state index in [-0.39, 0.29) is 62.3 Å². The Morgan fingerprint density at radius 2 is 1.62 bits per heavy atom. The Kier molecular flexibility index (Phi) is 14.1. The molecule has 61 heavy (non-hydrogen) atoms. The van der Waals surface area contributed by atoms with E-state index in [1.807, 2.05) is 18.2 Å². The molecule has 3 atom stereocenters. The minimum absolute atomic E-state index is 0.0574. The molecule has 1 aromatic heterocycles. The lowest BCUT2D eigenvalue weighted by Gasteiger charge is -2.35. The molecule has 0 saturated heterocycles. The van der Waals surface area contributed by atoms with Crippen molar-refractivity contribution in [2.75, 3.05) is 19.6 Å². The fourth-order valence-corrected chi connectivity index (χ4v) is 7.21. The number of benzene rings is 2. The van der Waals surface area contributed by atoms with Crippen LogP contribution >= 0.6 is 0 Å². The van der Waals surface area contributed by atoms with Crippen molar-refractivity contribution in [3.63, 3.8) is 0 Å². The number of aliphatic hydroxyl groups is 1. The van der Waals surface area contributed by atoms with E-state index in [1.165, 1.54) is 6.20 Å². The number of aromatic nitrogens is 2. The monoisotopic (exact) mass is 859 g/mol. The van der Waals surface area contributed by atoms with E-state index < -0.39 is 95.5 Å². The molecule has 0 unspecified atom stereocenters. The van der Waals surface area contributed by atoms with Crippen LogP contribution in [0.5, 0.6) is 0 Å². The maximum atomic E-state index is 14.9. The van der Waals surface area contributed by atoms with Crippen molar-refractivity contribution in [2.24, 2.45) is 11.1 Å². The lowest BCUT2D eigenvalue weighted by Crippen LogP contribution is -2.60. The van der Waals surface area contributed by atoms with E-state index >= 15 is 0 Å². The van der Waals surface area contributed by atoms with E-state index in [0.717, 1.165) is 40.8 Å². The summed E-state index contributed by atoms with van der Waals surface area (Å²) in [5.41, 5.74) is 5.86. The smallest absolute Gasteiger partial charge is 0.442 e. The number of amides is 5. The molecule has 328 valence electrons. The first-order chi connectivity index (χ1) is 28.6. The van der Waals surface area contributed by atoms with Gasteiger partial charge in [-0.3, -0.25) is 34.3 Å². The van der Waals surface area contributed by atoms with Gasteiger partial charge < -0.3 is 25.5 Å². The molecule has 20 heteroatoms. The first-order valence-electron chi connectivity index (χ1n) is 19.4. The van der Waals surface area contributed by atoms with Crippen LogP contribution in [-0.4, -0.2) is 104 Å². The largest absolute Gasteiger partial charge is 0.490 e. The van der Waals surface area contributed by atoms with Crippen molar-refractivity contribution in [3.05, 3.63) is 89.9 Å². The summed E-state index contributed by atoms with van der Waals surface area (Å²) in [6.07, 6.45) is -4.32. The van der Waals surface area contributed by atoms with Gasteiger partial charge >= 0.3 is 12.1 Å². The third-order valence-electron chi connectivity index (χ3n) is 10.4. The second-order valence-electron chi connectivity index (χ2n) is 15.9. The molecule has 1 aliphatic carbocycles. The minimum Gasteiger partial charge on any atom is -0.442 e. The van der Waals surface area contributed by atoms with Crippen molar-refractivity contribution in [2.45, 2.75) is 89.3 Å². The molecular formula is C41H46F5N7O8. The third kappa shape index (κ3) is 11.0. The number of esters is 1. The van der Waals surface area contributed by atoms with E-state index in [0.29, 0.717) is 5.01 Å². The molecule has 2 aromatic carbocycles. The molecule has 5 N–H and O–H groups in total. The maximum Gasteiger partial charge on any atom is 0.490 e. The fourth-order valence-electron chi connectivity index (χ4n) is 7.21. The SMILES string of the molecule is CC(C)(C)[C@H](c1nc(-c2cc(F)ccc2F)cn1Cc1ccccc1)[C@H](O)C(=O)NCC[C@H](N)C(=O)NN(CCN1C(=O)C=CC1=O)C(=O)C1(OC(=O)C(F)(F)F)CCCC1. The molecule has 15 nitrogen and oxygen atoms in total. The van der Waals surface area contributed by atoms with Gasteiger partial charge in [0.15, 0.2) is 5.60 Å². The lowest BCUT2D eigenvalue weighted by molar-refractivity contribution is -0.216. The number of imidazole rings is 1. The number of halogens is 5. The van der Waals surface area contributed by atoms with Crippen LogP contribution in [0.3, 0.4) is 0 Å². The number of alkyl halides is 3. The number of ether oxygens (including phenoxy) is 1. The summed E-state index contributed by atoms with van der Waals surface area (Å²) in [7, 11) is 0. The molecule has 5 rings (SSSR count). The molecular weight excluding hydrogens is 813 g/mol. The Labute approximate surface area is 347 Å². The zero-order valence-electron chi connectivity index (χ0n) is 33.5. The molecule has 0 radical (unpaired) electrons. The van der Waals surface area contributed by atoms with Gasteiger partial charge in [0.1, 0.15) is 23.6 Å². The van der Waals surface area contributed by atoms with E-state index in [2.05, 4.69) is 15.7 Å². The van der Waals surface area contributed by atoms with Crippen molar-refractivity contribution >= 4 is 35.5 Å². The quantitative estimate of drug-likeness (QED) is 0.0759. The number of nitrogens with two attached hydrogens (primary N) is 1. The second-order valence-corrected chi connectivity index (χ2v) is 15.9. The van der Waals surface area contributed by atoms with Crippen LogP contribution in [0.2, 0.25) is 0 Å². The number of carbonyl (C=O) groups is 6. The summed E-state index contributed by atoms with van der Waals surface area (Å²) >= 11 is 0. The number of carbonyl (C=O) groups excluding carboxylic acids is 6. The van der Waals surface area contributed by atoms with Crippen LogP contribution in [0.1, 0.15) is 70.2 Å². The topological polar surface area (TPSA) is 206 Å². The number of hydrogen-bond donors (Lipinski definition) is 4. The number of nitrogens with one attached hydrogen (secondary N) is 2. The Balaban J connectivity index is 1.31. The third-order valence-corrected chi connectivity index (χ3v) is 10.4. The van der Waals surface area contributed by atoms with E-state index in [4.69, 9.17) is 10.5 Å². The Morgan fingerprint density at radius 1 is 0.984 bits per heavy atom. The van der Waals surface area contributed by atoms with Crippen LogP contribution in [0.25, 0.3) is 11.3 Å². The van der Waals surface area contributed by atoms with Crippen LogP contribution in [0.4, 0.5) is 22.0 Å². The normalized spacial score (nSPS) is 16.6. The predicted molar refractivity (Wildman–Crippen MR) is 206 cm³/mol. The van der Waals surface area contributed by atoms with E-state index in [1.54, 1.807) is 37.5 Å². The first kappa shape index (κ1) is 46.1. The van der Waals surface area contributed by atoms with Crippen LogP contribution in [-0.2, 0) is 40.0 Å². The molecule has 1 saturated carbocycles. The summed E-state index contributed by atoms with van der Waals surface area (Å²) in [5.74, 6) is -9.62. The van der Waals surface area contributed by atoms with Crippen molar-refractivity contribution in [1.29, 1.82) is 0 Å². The standard InChI is InChI=1S/C41H46F5N7O8/c1-39(2,3)32(34-49-29(26-21-25(42)11-12-27(26)43)23-51(34)22-24-9-5-4-6-10-24)33(56)36(58)48-18-15-28(47)35(57)50-53(20-19-52-30(54)13-14-31(52)55)37(59)40(16-7-8-17-40)61-38(60)41(44,45)46/h4-6,9-14,21,23,28,32-33,56H,7-8,15-20,22,47H2,1-3H3,(H,48,58)(H,50,57)/t28-,32-,33-/m0/s1. The minimum atomic E-state index is -5.44. The Hall–Kier alpha value is -6.02. The lowest BCUT2D eigenvalue weighted by atomic mass is 9.76. The highest BCUT2D eigenvalue weighted by molar-refractivity contribution is 6.12. The van der Waals surface area contributed by atoms with E-state index in [9.17, 15) is 55.8 Å². The van der Waals surface area contributed by atoms with Gasteiger partial charge in [-0.25, -0.2) is 23.6 Å². The molecule has 5 amide bonds. The van der Waals surface area contributed by atoms with Gasteiger partial charge in [-0.2, -0.15) is 13.2 Å². The number of aliphatic hydroxyl groups excluding tert-OH is 1. The first-order valence-corrected chi connectivity index (χ1v) is 19.4.